The van der Waals surface area contributed by atoms with Crippen molar-refractivity contribution in [1.82, 2.24) is 14.7 Å². The van der Waals surface area contributed by atoms with Crippen LogP contribution in [0.25, 0.3) is 5.65 Å². The van der Waals surface area contributed by atoms with Crippen LogP contribution in [0.4, 0.5) is 0 Å². The Balaban J connectivity index is 1.98. The average molecular weight is 273 g/mol. The number of fused-ring (bicyclic) bond motifs is 1. The van der Waals surface area contributed by atoms with Crippen molar-refractivity contribution in [2.45, 2.75) is 18.8 Å². The lowest BCUT2D eigenvalue weighted by molar-refractivity contribution is -0.134. The Labute approximate surface area is 113 Å². The molecule has 1 atom stereocenters. The fraction of sp³-hybridized carbons (Fsp3) is 0.231. The standard InChI is InChI=1S/C13H11N3O4/c17-11-2-1-8(12(18)15-11)7-3-4-16-6-9(13(19)20)14-10(16)5-7/h3-6,8H,1-2H2,(H,19,20)(H,15,17,18). The number of aromatic carboxylic acids is 1. The number of piperidine rings is 1. The monoisotopic (exact) mass is 273 g/mol. The molecule has 1 saturated heterocycles. The number of nitrogens with one attached hydrogen (secondary N) is 1. The first kappa shape index (κ1) is 12.3. The van der Waals surface area contributed by atoms with E-state index in [-0.39, 0.29) is 17.5 Å². The molecule has 20 heavy (non-hydrogen) atoms. The van der Waals surface area contributed by atoms with Gasteiger partial charge in [-0.3, -0.25) is 14.9 Å². The Hall–Kier alpha value is -2.70. The van der Waals surface area contributed by atoms with E-state index in [4.69, 9.17) is 5.11 Å². The predicted octanol–water partition coefficient (Wildman–Crippen LogP) is 0.553. The first-order chi connectivity index (χ1) is 9.54. The molecule has 2 amide bonds. The van der Waals surface area contributed by atoms with Crippen molar-refractivity contribution in [3.8, 4) is 0 Å². The summed E-state index contributed by atoms with van der Waals surface area (Å²) in [6, 6.07) is 3.41. The summed E-state index contributed by atoms with van der Waals surface area (Å²) >= 11 is 0. The topological polar surface area (TPSA) is 101 Å². The van der Waals surface area contributed by atoms with Gasteiger partial charge >= 0.3 is 5.97 Å². The number of carbonyl (C=O) groups is 3. The highest BCUT2D eigenvalue weighted by molar-refractivity contribution is 6.01. The summed E-state index contributed by atoms with van der Waals surface area (Å²) in [5.74, 6) is -2.09. The van der Waals surface area contributed by atoms with E-state index in [0.717, 1.165) is 5.56 Å². The van der Waals surface area contributed by atoms with Crippen molar-refractivity contribution in [2.75, 3.05) is 0 Å². The minimum Gasteiger partial charge on any atom is -0.476 e. The second kappa shape index (κ2) is 4.44. The number of pyridine rings is 1. The molecule has 1 fully saturated rings. The summed E-state index contributed by atoms with van der Waals surface area (Å²) in [5.41, 5.74) is 1.14. The number of carbonyl (C=O) groups excluding carboxylic acids is 2. The highest BCUT2D eigenvalue weighted by Crippen LogP contribution is 2.25. The number of imidazole rings is 1. The Morgan fingerprint density at radius 2 is 2.25 bits per heavy atom. The average Bonchev–Trinajstić information content (AvgIpc) is 2.81. The van der Waals surface area contributed by atoms with Crippen molar-refractivity contribution in [3.63, 3.8) is 0 Å². The summed E-state index contributed by atoms with van der Waals surface area (Å²) in [4.78, 5) is 37.8. The molecule has 0 aromatic carbocycles. The summed E-state index contributed by atoms with van der Waals surface area (Å²) in [6.07, 6.45) is 3.82. The van der Waals surface area contributed by atoms with Gasteiger partial charge in [0.1, 0.15) is 5.65 Å². The van der Waals surface area contributed by atoms with Crippen molar-refractivity contribution < 1.29 is 19.5 Å². The Kier molecular flexibility index (Phi) is 2.74. The second-order valence-corrected chi connectivity index (χ2v) is 4.66. The first-order valence-corrected chi connectivity index (χ1v) is 6.10. The number of imide groups is 1. The zero-order chi connectivity index (χ0) is 14.3. The van der Waals surface area contributed by atoms with Crippen LogP contribution in [0, 0.1) is 0 Å². The van der Waals surface area contributed by atoms with Crippen LogP contribution in [-0.4, -0.2) is 32.3 Å². The van der Waals surface area contributed by atoms with Gasteiger partial charge in [-0.05, 0) is 24.1 Å². The minimum atomic E-state index is -1.10. The van der Waals surface area contributed by atoms with Gasteiger partial charge in [0.25, 0.3) is 0 Å². The third-order valence-electron chi connectivity index (χ3n) is 3.34. The molecule has 7 nitrogen and oxygen atoms in total. The third kappa shape index (κ3) is 2.03. The number of carboxylic acid groups (broad SMARTS) is 1. The lowest BCUT2D eigenvalue weighted by atomic mass is 9.91. The van der Waals surface area contributed by atoms with E-state index in [0.29, 0.717) is 18.5 Å². The van der Waals surface area contributed by atoms with E-state index in [2.05, 4.69) is 10.3 Å². The van der Waals surface area contributed by atoms with Gasteiger partial charge in [0.05, 0.1) is 5.92 Å². The fourth-order valence-electron chi connectivity index (χ4n) is 2.33. The van der Waals surface area contributed by atoms with Gasteiger partial charge in [-0.1, -0.05) is 0 Å². The molecule has 1 unspecified atom stereocenters. The van der Waals surface area contributed by atoms with Crippen LogP contribution in [0.1, 0.15) is 34.8 Å². The summed E-state index contributed by atoms with van der Waals surface area (Å²) in [6.45, 7) is 0. The highest BCUT2D eigenvalue weighted by atomic mass is 16.4. The zero-order valence-electron chi connectivity index (χ0n) is 10.4. The predicted molar refractivity (Wildman–Crippen MR) is 67.3 cm³/mol. The van der Waals surface area contributed by atoms with Crippen LogP contribution < -0.4 is 5.32 Å². The van der Waals surface area contributed by atoms with Crippen LogP contribution in [-0.2, 0) is 9.59 Å². The second-order valence-electron chi connectivity index (χ2n) is 4.66. The molecular weight excluding hydrogens is 262 g/mol. The van der Waals surface area contributed by atoms with E-state index in [1.165, 1.54) is 6.20 Å². The molecule has 102 valence electrons. The fourth-order valence-corrected chi connectivity index (χ4v) is 2.33. The van der Waals surface area contributed by atoms with Crippen LogP contribution in [0.2, 0.25) is 0 Å². The normalized spacial score (nSPS) is 19.1. The maximum absolute atomic E-state index is 11.8. The van der Waals surface area contributed by atoms with Crippen LogP contribution >= 0.6 is 0 Å². The smallest absolute Gasteiger partial charge is 0.356 e. The molecular formula is C13H11N3O4. The van der Waals surface area contributed by atoms with Crippen molar-refractivity contribution in [3.05, 3.63) is 35.8 Å². The van der Waals surface area contributed by atoms with Gasteiger partial charge in [-0.25, -0.2) is 9.78 Å². The van der Waals surface area contributed by atoms with Crippen molar-refractivity contribution >= 4 is 23.4 Å². The molecule has 3 heterocycles. The zero-order valence-corrected chi connectivity index (χ0v) is 10.4. The number of rotatable bonds is 2. The van der Waals surface area contributed by atoms with E-state index < -0.39 is 11.9 Å². The van der Waals surface area contributed by atoms with Gasteiger partial charge < -0.3 is 9.51 Å². The number of hydrogen-bond acceptors (Lipinski definition) is 4. The van der Waals surface area contributed by atoms with Gasteiger partial charge in [-0.15, -0.1) is 0 Å². The lowest BCUT2D eigenvalue weighted by Gasteiger charge is -2.20. The van der Waals surface area contributed by atoms with E-state index in [9.17, 15) is 14.4 Å². The molecule has 0 spiro atoms. The van der Waals surface area contributed by atoms with E-state index in [1.54, 1.807) is 22.7 Å². The summed E-state index contributed by atoms with van der Waals surface area (Å²) in [7, 11) is 0. The number of carboxylic acids is 1. The molecule has 0 saturated carbocycles. The van der Waals surface area contributed by atoms with Crippen LogP contribution in [0.5, 0.6) is 0 Å². The van der Waals surface area contributed by atoms with Crippen molar-refractivity contribution in [2.24, 2.45) is 0 Å². The Morgan fingerprint density at radius 3 is 2.95 bits per heavy atom. The molecule has 2 aromatic heterocycles. The molecule has 0 bridgehead atoms. The van der Waals surface area contributed by atoms with E-state index >= 15 is 0 Å². The largest absolute Gasteiger partial charge is 0.476 e. The number of nitrogens with zero attached hydrogens (tertiary/aromatic N) is 2. The van der Waals surface area contributed by atoms with Gasteiger partial charge in [-0.2, -0.15) is 0 Å². The van der Waals surface area contributed by atoms with Crippen LogP contribution in [0.15, 0.2) is 24.5 Å². The van der Waals surface area contributed by atoms with E-state index in [1.807, 2.05) is 0 Å². The molecule has 2 aromatic rings. The third-order valence-corrected chi connectivity index (χ3v) is 3.34. The summed E-state index contributed by atoms with van der Waals surface area (Å²) < 4.78 is 1.58. The minimum absolute atomic E-state index is 0.0505. The molecule has 1 aliphatic rings. The lowest BCUT2D eigenvalue weighted by Crippen LogP contribution is -2.39. The number of amides is 2. The maximum Gasteiger partial charge on any atom is 0.356 e. The van der Waals surface area contributed by atoms with Crippen LogP contribution in [0.3, 0.4) is 0 Å². The Bertz CT molecular complexity index is 734. The van der Waals surface area contributed by atoms with Crippen molar-refractivity contribution in [1.29, 1.82) is 0 Å². The van der Waals surface area contributed by atoms with Gasteiger partial charge in [0.15, 0.2) is 5.69 Å². The molecule has 2 N–H and O–H groups in total. The molecule has 0 radical (unpaired) electrons. The van der Waals surface area contributed by atoms with Gasteiger partial charge in [0, 0.05) is 18.8 Å². The molecule has 3 rings (SSSR count). The SMILES string of the molecule is O=C1CCC(c2ccn3cc(C(=O)O)nc3c2)C(=O)N1. The number of hydrogen-bond donors (Lipinski definition) is 2. The highest BCUT2D eigenvalue weighted by Gasteiger charge is 2.28. The maximum atomic E-state index is 11.8. The molecule has 7 heteroatoms. The first-order valence-electron chi connectivity index (χ1n) is 6.10. The van der Waals surface area contributed by atoms with Gasteiger partial charge in [0.2, 0.25) is 11.8 Å². The Morgan fingerprint density at radius 1 is 1.45 bits per heavy atom. The molecule has 0 aliphatic carbocycles. The summed E-state index contributed by atoms with van der Waals surface area (Å²) in [5, 5.41) is 11.2. The quantitative estimate of drug-likeness (QED) is 0.778. The number of aromatic nitrogens is 2. The molecule has 1 aliphatic heterocycles.